The van der Waals surface area contributed by atoms with Crippen molar-refractivity contribution in [2.24, 2.45) is 5.10 Å². The first-order chi connectivity index (χ1) is 13.1. The molecule has 0 bridgehead atoms. The molecule has 3 fully saturated rings. The molecule has 0 aromatic heterocycles. The van der Waals surface area contributed by atoms with Crippen LogP contribution in [0.5, 0.6) is 0 Å². The minimum Gasteiger partial charge on any atom is -0.342 e. The molecule has 0 aliphatic carbocycles. The highest BCUT2D eigenvalue weighted by molar-refractivity contribution is 9.10. The van der Waals surface area contributed by atoms with Crippen LogP contribution in [0.4, 0.5) is 0 Å². The Morgan fingerprint density at radius 2 is 1.75 bits per heavy atom. The SMILES string of the molecule is CC1(C)O[C@@H]2[C@@H](O1)[C@@H](C(=O)N/N=C\c1cccc(Br)c1)O[C@H]1OC(C)(C)O[C@@H]12. The highest BCUT2D eigenvalue weighted by Crippen LogP contribution is 2.44. The molecule has 152 valence electrons. The van der Waals surface area contributed by atoms with Crippen LogP contribution in [-0.2, 0) is 28.5 Å². The molecular formula is C19H23BrN2O6. The van der Waals surface area contributed by atoms with Gasteiger partial charge >= 0.3 is 0 Å². The van der Waals surface area contributed by atoms with Gasteiger partial charge in [0.05, 0.1) is 6.21 Å². The zero-order chi connectivity index (χ0) is 20.1. The van der Waals surface area contributed by atoms with Gasteiger partial charge in [0.15, 0.2) is 24.0 Å². The number of fused-ring (bicyclic) bond motifs is 3. The first kappa shape index (κ1) is 19.9. The van der Waals surface area contributed by atoms with E-state index in [1.54, 1.807) is 33.9 Å². The van der Waals surface area contributed by atoms with Crippen LogP contribution in [0.15, 0.2) is 33.8 Å². The molecule has 4 rings (SSSR count). The van der Waals surface area contributed by atoms with Gasteiger partial charge in [0, 0.05) is 4.47 Å². The van der Waals surface area contributed by atoms with Crippen molar-refractivity contribution in [1.82, 2.24) is 5.43 Å². The second-order valence-corrected chi connectivity index (χ2v) is 8.79. The molecule has 0 unspecified atom stereocenters. The van der Waals surface area contributed by atoms with Crippen LogP contribution in [0.2, 0.25) is 0 Å². The van der Waals surface area contributed by atoms with E-state index in [0.717, 1.165) is 10.0 Å². The monoisotopic (exact) mass is 454 g/mol. The third kappa shape index (κ3) is 4.00. The summed E-state index contributed by atoms with van der Waals surface area (Å²) in [6, 6.07) is 7.55. The van der Waals surface area contributed by atoms with E-state index in [9.17, 15) is 4.79 Å². The smallest absolute Gasteiger partial charge is 0.272 e. The first-order valence-electron chi connectivity index (χ1n) is 9.09. The number of nitrogens with one attached hydrogen (secondary N) is 1. The fourth-order valence-electron chi connectivity index (χ4n) is 3.64. The summed E-state index contributed by atoms with van der Waals surface area (Å²) in [7, 11) is 0. The van der Waals surface area contributed by atoms with Gasteiger partial charge in [-0.05, 0) is 45.4 Å². The molecule has 1 aromatic carbocycles. The number of hydrazone groups is 1. The Labute approximate surface area is 171 Å². The van der Waals surface area contributed by atoms with Gasteiger partial charge in [-0.25, -0.2) is 5.43 Å². The van der Waals surface area contributed by atoms with Gasteiger partial charge in [-0.15, -0.1) is 0 Å². The highest BCUT2D eigenvalue weighted by Gasteiger charge is 2.62. The number of benzene rings is 1. The zero-order valence-corrected chi connectivity index (χ0v) is 17.6. The van der Waals surface area contributed by atoms with E-state index in [0.29, 0.717) is 0 Å². The Hall–Kier alpha value is -1.36. The summed E-state index contributed by atoms with van der Waals surface area (Å²) in [5, 5.41) is 4.03. The minimum atomic E-state index is -0.940. The fraction of sp³-hybridized carbons (Fsp3) is 0.579. The molecule has 1 amide bonds. The van der Waals surface area contributed by atoms with Crippen molar-refractivity contribution in [2.75, 3.05) is 0 Å². The summed E-state index contributed by atoms with van der Waals surface area (Å²) in [6.07, 6.45) is -1.70. The van der Waals surface area contributed by atoms with Gasteiger partial charge in [0.1, 0.15) is 18.3 Å². The number of amides is 1. The van der Waals surface area contributed by atoms with E-state index in [1.165, 1.54) is 0 Å². The number of rotatable bonds is 3. The predicted octanol–water partition coefficient (Wildman–Crippen LogP) is 2.30. The third-order valence-electron chi connectivity index (χ3n) is 4.65. The van der Waals surface area contributed by atoms with E-state index in [1.807, 2.05) is 24.3 Å². The Bertz CT molecular complexity index is 798. The van der Waals surface area contributed by atoms with Gasteiger partial charge in [-0.2, -0.15) is 5.10 Å². The van der Waals surface area contributed by atoms with Gasteiger partial charge < -0.3 is 23.7 Å². The molecule has 0 radical (unpaired) electrons. The standard InChI is InChI=1S/C19H23BrN2O6/c1-18(2)25-12-13(26-18)15-17(28-19(3,4)27-15)24-14(12)16(23)22-21-9-10-6-5-7-11(20)8-10/h5-9,12-15,17H,1-4H3,(H,22,23)/b21-9-/t12-,13-,14+,15-,17+/m1/s1. The Balaban J connectivity index is 1.49. The molecule has 0 saturated carbocycles. The van der Waals surface area contributed by atoms with Crippen LogP contribution < -0.4 is 5.43 Å². The Morgan fingerprint density at radius 1 is 1.07 bits per heavy atom. The maximum atomic E-state index is 12.8. The number of ether oxygens (including phenoxy) is 5. The van der Waals surface area contributed by atoms with Crippen molar-refractivity contribution < 1.29 is 28.5 Å². The molecule has 8 nitrogen and oxygen atoms in total. The van der Waals surface area contributed by atoms with E-state index >= 15 is 0 Å². The summed E-state index contributed by atoms with van der Waals surface area (Å²) in [5.74, 6) is -2.13. The summed E-state index contributed by atoms with van der Waals surface area (Å²) in [6.45, 7) is 7.17. The number of hydrogen-bond donors (Lipinski definition) is 1. The van der Waals surface area contributed by atoms with Crippen LogP contribution in [0.25, 0.3) is 0 Å². The molecule has 5 atom stereocenters. The van der Waals surface area contributed by atoms with Crippen molar-refractivity contribution >= 4 is 28.1 Å². The topological polar surface area (TPSA) is 87.6 Å². The van der Waals surface area contributed by atoms with Gasteiger partial charge in [0.2, 0.25) is 0 Å². The average molecular weight is 455 g/mol. The number of carbonyl (C=O) groups excluding carboxylic acids is 1. The normalized spacial score (nSPS) is 35.5. The lowest BCUT2D eigenvalue weighted by molar-refractivity contribution is -0.231. The molecular weight excluding hydrogens is 432 g/mol. The number of nitrogens with zero attached hydrogens (tertiary/aromatic N) is 1. The van der Waals surface area contributed by atoms with Crippen molar-refractivity contribution in [1.29, 1.82) is 0 Å². The van der Waals surface area contributed by atoms with Crippen LogP contribution in [0.1, 0.15) is 33.3 Å². The molecule has 9 heteroatoms. The first-order valence-corrected chi connectivity index (χ1v) is 9.88. The van der Waals surface area contributed by atoms with E-state index in [4.69, 9.17) is 23.7 Å². The van der Waals surface area contributed by atoms with Crippen LogP contribution in [0, 0.1) is 0 Å². The Kier molecular flexibility index (Phi) is 5.09. The molecule has 3 heterocycles. The maximum Gasteiger partial charge on any atom is 0.272 e. The molecule has 3 saturated heterocycles. The van der Waals surface area contributed by atoms with Crippen molar-refractivity contribution in [3.8, 4) is 0 Å². The second kappa shape index (κ2) is 7.16. The van der Waals surface area contributed by atoms with E-state index in [2.05, 4.69) is 26.5 Å². The van der Waals surface area contributed by atoms with E-state index in [-0.39, 0.29) is 0 Å². The minimum absolute atomic E-state index is 0.436. The average Bonchev–Trinajstić information content (AvgIpc) is 3.08. The molecule has 1 N–H and O–H groups in total. The summed E-state index contributed by atoms with van der Waals surface area (Å²) < 4.78 is 30.5. The lowest BCUT2D eigenvalue weighted by atomic mass is 9.98. The van der Waals surface area contributed by atoms with Crippen LogP contribution in [-0.4, -0.2) is 54.4 Å². The van der Waals surface area contributed by atoms with Gasteiger partial charge in [-0.3, -0.25) is 4.79 Å². The molecule has 3 aliphatic rings. The fourth-order valence-corrected chi connectivity index (χ4v) is 4.06. The third-order valence-corrected chi connectivity index (χ3v) is 5.14. The second-order valence-electron chi connectivity index (χ2n) is 7.88. The Morgan fingerprint density at radius 3 is 2.50 bits per heavy atom. The lowest BCUT2D eigenvalue weighted by Crippen LogP contribution is -2.59. The predicted molar refractivity (Wildman–Crippen MR) is 102 cm³/mol. The molecule has 28 heavy (non-hydrogen) atoms. The summed E-state index contributed by atoms with van der Waals surface area (Å²) in [5.41, 5.74) is 3.36. The molecule has 3 aliphatic heterocycles. The molecule has 0 spiro atoms. The van der Waals surface area contributed by atoms with Crippen molar-refractivity contribution in [3.05, 3.63) is 34.3 Å². The number of hydrogen-bond acceptors (Lipinski definition) is 7. The number of carbonyl (C=O) groups is 1. The number of halogens is 1. The van der Waals surface area contributed by atoms with Crippen molar-refractivity contribution in [2.45, 2.75) is 70.0 Å². The van der Waals surface area contributed by atoms with Crippen molar-refractivity contribution in [3.63, 3.8) is 0 Å². The van der Waals surface area contributed by atoms with E-state index < -0.39 is 48.2 Å². The maximum absolute atomic E-state index is 12.8. The lowest BCUT2D eigenvalue weighted by Gasteiger charge is -2.36. The van der Waals surface area contributed by atoms with Crippen LogP contribution in [0.3, 0.4) is 0 Å². The van der Waals surface area contributed by atoms with Gasteiger partial charge in [0.25, 0.3) is 5.91 Å². The quantitative estimate of drug-likeness (QED) is 0.556. The summed E-state index contributed by atoms with van der Waals surface area (Å²) >= 11 is 3.40. The highest BCUT2D eigenvalue weighted by atomic mass is 79.9. The van der Waals surface area contributed by atoms with Crippen LogP contribution >= 0.6 is 15.9 Å². The zero-order valence-electron chi connectivity index (χ0n) is 16.0. The molecule has 1 aromatic rings. The largest absolute Gasteiger partial charge is 0.342 e. The van der Waals surface area contributed by atoms with Gasteiger partial charge in [-0.1, -0.05) is 28.1 Å². The summed E-state index contributed by atoms with van der Waals surface area (Å²) in [4.78, 5) is 12.8.